The fourth-order valence-electron chi connectivity index (χ4n) is 2.07. The lowest BCUT2D eigenvalue weighted by Gasteiger charge is -2.32. The van der Waals surface area contributed by atoms with Crippen LogP contribution in [0.15, 0.2) is 0 Å². The molecule has 0 aliphatic heterocycles. The third-order valence-electron chi connectivity index (χ3n) is 2.76. The van der Waals surface area contributed by atoms with Crippen molar-refractivity contribution in [2.24, 2.45) is 11.8 Å². The third kappa shape index (κ3) is 2.46. The third-order valence-corrected chi connectivity index (χ3v) is 2.76. The van der Waals surface area contributed by atoms with Gasteiger partial charge in [-0.05, 0) is 38.1 Å². The van der Waals surface area contributed by atoms with Gasteiger partial charge < -0.3 is 0 Å². The Morgan fingerprint density at radius 2 is 1.91 bits per heavy atom. The number of rotatable bonds is 2. The Labute approximate surface area is 69.7 Å². The van der Waals surface area contributed by atoms with E-state index in [1.54, 1.807) is 0 Å². The molecule has 1 saturated carbocycles. The predicted molar refractivity (Wildman–Crippen MR) is 48.2 cm³/mol. The standard InChI is InChI=1S/C9H20N2/c1-7-4-5-9(11-10-3)8(2)6-7/h7-11H,4-6H2,1-3H3. The molecule has 66 valence electrons. The van der Waals surface area contributed by atoms with E-state index in [1.165, 1.54) is 19.3 Å². The highest BCUT2D eigenvalue weighted by atomic mass is 15.3. The first kappa shape index (κ1) is 9.01. The summed E-state index contributed by atoms with van der Waals surface area (Å²) in [5.74, 6) is 1.76. The lowest BCUT2D eigenvalue weighted by molar-refractivity contribution is 0.216. The van der Waals surface area contributed by atoms with Crippen molar-refractivity contribution in [1.29, 1.82) is 0 Å². The normalized spacial score (nSPS) is 39.0. The Morgan fingerprint density at radius 1 is 1.18 bits per heavy atom. The van der Waals surface area contributed by atoms with Crippen molar-refractivity contribution in [3.63, 3.8) is 0 Å². The van der Waals surface area contributed by atoms with E-state index in [-0.39, 0.29) is 0 Å². The first-order chi connectivity index (χ1) is 5.24. The molecule has 0 aromatic heterocycles. The summed E-state index contributed by atoms with van der Waals surface area (Å²) < 4.78 is 0. The first-order valence-corrected chi connectivity index (χ1v) is 4.66. The van der Waals surface area contributed by atoms with Gasteiger partial charge in [-0.2, -0.15) is 0 Å². The monoisotopic (exact) mass is 156 g/mol. The van der Waals surface area contributed by atoms with Crippen molar-refractivity contribution in [1.82, 2.24) is 10.9 Å². The quantitative estimate of drug-likeness (QED) is 0.593. The maximum Gasteiger partial charge on any atom is 0.0238 e. The Balaban J connectivity index is 2.31. The van der Waals surface area contributed by atoms with E-state index in [0.29, 0.717) is 6.04 Å². The molecule has 0 saturated heterocycles. The van der Waals surface area contributed by atoms with E-state index in [1.807, 2.05) is 7.05 Å². The molecule has 0 spiro atoms. The molecule has 11 heavy (non-hydrogen) atoms. The first-order valence-electron chi connectivity index (χ1n) is 4.66. The zero-order valence-electron chi connectivity index (χ0n) is 7.85. The Bertz CT molecular complexity index is 114. The second-order valence-corrected chi connectivity index (χ2v) is 3.90. The Hall–Kier alpha value is -0.0800. The lowest BCUT2D eigenvalue weighted by Crippen LogP contribution is -2.44. The number of hydrogen-bond acceptors (Lipinski definition) is 2. The van der Waals surface area contributed by atoms with Gasteiger partial charge >= 0.3 is 0 Å². The van der Waals surface area contributed by atoms with Crippen LogP contribution in [0.4, 0.5) is 0 Å². The fraction of sp³-hybridized carbons (Fsp3) is 1.00. The van der Waals surface area contributed by atoms with Crippen molar-refractivity contribution in [2.45, 2.75) is 39.2 Å². The average Bonchev–Trinajstić information content (AvgIpc) is 1.95. The largest absolute Gasteiger partial charge is 0.261 e. The van der Waals surface area contributed by atoms with Gasteiger partial charge in [0.2, 0.25) is 0 Å². The van der Waals surface area contributed by atoms with Gasteiger partial charge in [-0.3, -0.25) is 10.9 Å². The minimum atomic E-state index is 0.691. The molecule has 0 aromatic carbocycles. The van der Waals surface area contributed by atoms with Crippen molar-refractivity contribution in [3.05, 3.63) is 0 Å². The molecule has 1 aliphatic rings. The second kappa shape index (κ2) is 4.07. The van der Waals surface area contributed by atoms with Crippen LogP contribution in [0.2, 0.25) is 0 Å². The van der Waals surface area contributed by atoms with E-state index in [2.05, 4.69) is 24.7 Å². The molecule has 3 unspecified atom stereocenters. The molecule has 0 bridgehead atoms. The molecule has 1 aliphatic carbocycles. The molecular formula is C9H20N2. The van der Waals surface area contributed by atoms with E-state index in [4.69, 9.17) is 0 Å². The van der Waals surface area contributed by atoms with Gasteiger partial charge in [0.25, 0.3) is 0 Å². The summed E-state index contributed by atoms with van der Waals surface area (Å²) in [6, 6.07) is 0.691. The van der Waals surface area contributed by atoms with Crippen LogP contribution in [0.5, 0.6) is 0 Å². The molecule has 1 fully saturated rings. The number of hydrazine groups is 1. The highest BCUT2D eigenvalue weighted by Gasteiger charge is 2.24. The van der Waals surface area contributed by atoms with Crippen LogP contribution in [0, 0.1) is 11.8 Å². The van der Waals surface area contributed by atoms with Crippen LogP contribution in [0.25, 0.3) is 0 Å². The fourth-order valence-corrected chi connectivity index (χ4v) is 2.07. The van der Waals surface area contributed by atoms with Crippen molar-refractivity contribution < 1.29 is 0 Å². The molecule has 0 aromatic rings. The summed E-state index contributed by atoms with van der Waals surface area (Å²) in [5.41, 5.74) is 6.34. The van der Waals surface area contributed by atoms with Crippen LogP contribution in [0.3, 0.4) is 0 Å². The Kier molecular flexibility index (Phi) is 3.34. The van der Waals surface area contributed by atoms with E-state index in [0.717, 1.165) is 11.8 Å². The minimum absolute atomic E-state index is 0.691. The van der Waals surface area contributed by atoms with Gasteiger partial charge in [0, 0.05) is 6.04 Å². The summed E-state index contributed by atoms with van der Waals surface area (Å²) in [7, 11) is 1.95. The van der Waals surface area contributed by atoms with Crippen molar-refractivity contribution in [3.8, 4) is 0 Å². The number of nitrogens with one attached hydrogen (secondary N) is 2. The van der Waals surface area contributed by atoms with Crippen LogP contribution in [0.1, 0.15) is 33.1 Å². The molecule has 1 rings (SSSR count). The van der Waals surface area contributed by atoms with Gasteiger partial charge in [-0.15, -0.1) is 0 Å². The second-order valence-electron chi connectivity index (χ2n) is 3.90. The Morgan fingerprint density at radius 3 is 2.45 bits per heavy atom. The zero-order valence-corrected chi connectivity index (χ0v) is 7.85. The molecule has 3 atom stereocenters. The lowest BCUT2D eigenvalue weighted by atomic mass is 9.80. The topological polar surface area (TPSA) is 24.1 Å². The summed E-state index contributed by atoms with van der Waals surface area (Å²) >= 11 is 0. The maximum atomic E-state index is 3.30. The molecular weight excluding hydrogens is 136 g/mol. The van der Waals surface area contributed by atoms with Crippen LogP contribution < -0.4 is 10.9 Å². The van der Waals surface area contributed by atoms with Gasteiger partial charge in [0.1, 0.15) is 0 Å². The van der Waals surface area contributed by atoms with Gasteiger partial charge in [-0.1, -0.05) is 13.8 Å². The van der Waals surface area contributed by atoms with E-state index >= 15 is 0 Å². The summed E-state index contributed by atoms with van der Waals surface area (Å²) in [4.78, 5) is 0. The van der Waals surface area contributed by atoms with Gasteiger partial charge in [0.05, 0.1) is 0 Å². The SMILES string of the molecule is CNNC1CCC(C)CC1C. The maximum absolute atomic E-state index is 3.30. The van der Waals surface area contributed by atoms with Gasteiger partial charge in [-0.25, -0.2) is 0 Å². The summed E-state index contributed by atoms with van der Waals surface area (Å²) in [5, 5.41) is 0. The van der Waals surface area contributed by atoms with Gasteiger partial charge in [0.15, 0.2) is 0 Å². The van der Waals surface area contributed by atoms with Crippen LogP contribution in [-0.4, -0.2) is 13.1 Å². The summed E-state index contributed by atoms with van der Waals surface area (Å²) in [6.45, 7) is 4.69. The highest BCUT2D eigenvalue weighted by molar-refractivity contribution is 4.79. The van der Waals surface area contributed by atoms with Crippen LogP contribution >= 0.6 is 0 Å². The molecule has 2 nitrogen and oxygen atoms in total. The highest BCUT2D eigenvalue weighted by Crippen LogP contribution is 2.27. The molecule has 2 heteroatoms. The molecule has 2 N–H and O–H groups in total. The van der Waals surface area contributed by atoms with E-state index in [9.17, 15) is 0 Å². The smallest absolute Gasteiger partial charge is 0.0238 e. The average molecular weight is 156 g/mol. The van der Waals surface area contributed by atoms with Crippen LogP contribution in [-0.2, 0) is 0 Å². The van der Waals surface area contributed by atoms with Crippen molar-refractivity contribution >= 4 is 0 Å². The minimum Gasteiger partial charge on any atom is -0.261 e. The molecule has 0 radical (unpaired) electrons. The number of hydrogen-bond donors (Lipinski definition) is 2. The van der Waals surface area contributed by atoms with Crippen molar-refractivity contribution in [2.75, 3.05) is 7.05 Å². The zero-order chi connectivity index (χ0) is 8.27. The molecule has 0 heterocycles. The predicted octanol–water partition coefficient (Wildman–Crippen LogP) is 1.54. The molecule has 0 amide bonds. The van der Waals surface area contributed by atoms with E-state index < -0.39 is 0 Å². The summed E-state index contributed by atoms with van der Waals surface area (Å²) in [6.07, 6.45) is 4.08.